The summed E-state index contributed by atoms with van der Waals surface area (Å²) in [5.74, 6) is 0. The van der Waals surface area contributed by atoms with Gasteiger partial charge in [0.25, 0.3) is 0 Å². The molecule has 0 nitrogen and oxygen atoms in total. The molecule has 2 aromatic carbocycles. The lowest BCUT2D eigenvalue weighted by molar-refractivity contribution is 0.220. The Balaban J connectivity index is 2.70. The monoisotopic (exact) mass is 252 g/mol. The highest BCUT2D eigenvalue weighted by Crippen LogP contribution is 2.49. The predicted octanol–water partition coefficient (Wildman–Crippen LogP) is 5.43. The molecule has 0 N–H and O–H groups in total. The van der Waals surface area contributed by atoms with Crippen molar-refractivity contribution in [2.24, 2.45) is 5.41 Å². The summed E-state index contributed by atoms with van der Waals surface area (Å²) in [5.41, 5.74) is 3.06. The Kier molecular flexibility index (Phi) is 3.80. The van der Waals surface area contributed by atoms with Crippen molar-refractivity contribution in [3.8, 4) is 0 Å². The number of hydrogen-bond acceptors (Lipinski definition) is 0. The normalized spacial score (nSPS) is 12.4. The van der Waals surface area contributed by atoms with E-state index in [9.17, 15) is 0 Å². The maximum atomic E-state index is 2.34. The van der Waals surface area contributed by atoms with E-state index in [2.05, 4.69) is 88.4 Å². The molecule has 0 aliphatic carbocycles. The summed E-state index contributed by atoms with van der Waals surface area (Å²) in [4.78, 5) is 0. The second-order valence-corrected chi connectivity index (χ2v) is 6.24. The van der Waals surface area contributed by atoms with E-state index in [1.807, 2.05) is 0 Å². The van der Waals surface area contributed by atoms with Gasteiger partial charge in [-0.3, -0.25) is 0 Å². The van der Waals surface area contributed by atoms with Crippen molar-refractivity contribution in [2.45, 2.75) is 39.5 Å². The average molecular weight is 252 g/mol. The molecule has 19 heavy (non-hydrogen) atoms. The first-order chi connectivity index (χ1) is 9.02. The van der Waals surface area contributed by atoms with Gasteiger partial charge in [0.05, 0.1) is 0 Å². The summed E-state index contributed by atoms with van der Waals surface area (Å²) in [7, 11) is 0. The maximum Gasteiger partial charge on any atom is 0.0248 e. The summed E-state index contributed by atoms with van der Waals surface area (Å²) in [6.45, 7) is 9.33. The van der Waals surface area contributed by atoms with Crippen molar-refractivity contribution in [1.82, 2.24) is 0 Å². The molecule has 0 saturated heterocycles. The molecule has 0 aliphatic heterocycles. The average Bonchev–Trinajstić information content (AvgIpc) is 2.41. The quantitative estimate of drug-likeness (QED) is 0.683. The standard InChI is InChI=1S/C19H24/c1-5-19(18(2,3)4,16-12-8-6-9-13-16)17-14-10-7-11-15-17/h6-15H,5H2,1-4H3. The highest BCUT2D eigenvalue weighted by Gasteiger charge is 2.43. The van der Waals surface area contributed by atoms with E-state index in [1.54, 1.807) is 0 Å². The molecular formula is C19H24. The van der Waals surface area contributed by atoms with Gasteiger partial charge in [-0.25, -0.2) is 0 Å². The second kappa shape index (κ2) is 5.21. The summed E-state index contributed by atoms with van der Waals surface area (Å²) < 4.78 is 0. The topological polar surface area (TPSA) is 0 Å². The molecule has 0 heterocycles. The molecule has 100 valence electrons. The van der Waals surface area contributed by atoms with Crippen molar-refractivity contribution in [2.75, 3.05) is 0 Å². The molecule has 0 radical (unpaired) electrons. The zero-order valence-electron chi connectivity index (χ0n) is 12.5. The first-order valence-electron chi connectivity index (χ1n) is 7.13. The third-order valence-electron chi connectivity index (χ3n) is 4.34. The lowest BCUT2D eigenvalue weighted by Crippen LogP contribution is -2.40. The van der Waals surface area contributed by atoms with Gasteiger partial charge in [-0.2, -0.15) is 0 Å². The summed E-state index contributed by atoms with van der Waals surface area (Å²) in [6, 6.07) is 21.8. The third-order valence-corrected chi connectivity index (χ3v) is 4.34. The van der Waals surface area contributed by atoms with Crippen LogP contribution in [0.3, 0.4) is 0 Å². The Morgan fingerprint density at radius 3 is 1.32 bits per heavy atom. The molecule has 0 spiro atoms. The Labute approximate surface area is 117 Å². The SMILES string of the molecule is CCC(c1ccccc1)(c1ccccc1)C(C)(C)C. The van der Waals surface area contributed by atoms with Crippen LogP contribution in [-0.4, -0.2) is 0 Å². The molecule has 0 amide bonds. The molecule has 0 heteroatoms. The van der Waals surface area contributed by atoms with Crippen molar-refractivity contribution in [1.29, 1.82) is 0 Å². The molecule has 2 rings (SSSR count). The van der Waals surface area contributed by atoms with Crippen LogP contribution in [0.4, 0.5) is 0 Å². The highest BCUT2D eigenvalue weighted by atomic mass is 14.5. The minimum absolute atomic E-state index is 0.0650. The molecular weight excluding hydrogens is 228 g/mol. The zero-order valence-corrected chi connectivity index (χ0v) is 12.5. The highest BCUT2D eigenvalue weighted by molar-refractivity contribution is 5.41. The first kappa shape index (κ1) is 13.9. The molecule has 0 unspecified atom stereocenters. The Morgan fingerprint density at radius 2 is 1.05 bits per heavy atom. The Hall–Kier alpha value is -1.56. The van der Waals surface area contributed by atoms with E-state index in [-0.39, 0.29) is 10.8 Å². The lowest BCUT2D eigenvalue weighted by Gasteiger charge is -2.45. The maximum absolute atomic E-state index is 2.34. The largest absolute Gasteiger partial charge is 0.0642 e. The Bertz CT molecular complexity index is 463. The van der Waals surface area contributed by atoms with E-state index in [0.717, 1.165) is 6.42 Å². The van der Waals surface area contributed by atoms with Gasteiger partial charge < -0.3 is 0 Å². The van der Waals surface area contributed by atoms with Crippen LogP contribution in [-0.2, 0) is 5.41 Å². The summed E-state index contributed by atoms with van der Waals surface area (Å²) in [5, 5.41) is 0. The van der Waals surface area contributed by atoms with Gasteiger partial charge >= 0.3 is 0 Å². The zero-order chi connectivity index (χ0) is 13.9. The van der Waals surface area contributed by atoms with Gasteiger partial charge in [-0.05, 0) is 23.0 Å². The van der Waals surface area contributed by atoms with Crippen LogP contribution in [0.25, 0.3) is 0 Å². The van der Waals surface area contributed by atoms with Gasteiger partial charge in [0.2, 0.25) is 0 Å². The van der Waals surface area contributed by atoms with Crippen molar-refractivity contribution < 1.29 is 0 Å². The minimum atomic E-state index is 0.0650. The molecule has 0 fully saturated rings. The van der Waals surface area contributed by atoms with Gasteiger partial charge in [0.1, 0.15) is 0 Å². The van der Waals surface area contributed by atoms with E-state index >= 15 is 0 Å². The second-order valence-electron chi connectivity index (χ2n) is 6.24. The molecule has 0 aliphatic rings. The smallest absolute Gasteiger partial charge is 0.0248 e. The van der Waals surface area contributed by atoms with Crippen LogP contribution >= 0.6 is 0 Å². The van der Waals surface area contributed by atoms with Gasteiger partial charge in [-0.1, -0.05) is 88.4 Å². The van der Waals surface area contributed by atoms with Crippen LogP contribution in [0, 0.1) is 5.41 Å². The van der Waals surface area contributed by atoms with Crippen LogP contribution in [0.1, 0.15) is 45.2 Å². The lowest BCUT2D eigenvalue weighted by atomic mass is 9.58. The van der Waals surface area contributed by atoms with Gasteiger partial charge in [0, 0.05) is 5.41 Å². The third kappa shape index (κ3) is 2.32. The van der Waals surface area contributed by atoms with Gasteiger partial charge in [-0.15, -0.1) is 0 Å². The number of benzene rings is 2. The minimum Gasteiger partial charge on any atom is -0.0642 e. The van der Waals surface area contributed by atoms with Crippen LogP contribution in [0.15, 0.2) is 60.7 Å². The summed E-state index contributed by atoms with van der Waals surface area (Å²) >= 11 is 0. The first-order valence-corrected chi connectivity index (χ1v) is 7.13. The fourth-order valence-corrected chi connectivity index (χ4v) is 3.42. The van der Waals surface area contributed by atoms with Crippen LogP contribution < -0.4 is 0 Å². The molecule has 0 atom stereocenters. The molecule has 0 bridgehead atoms. The van der Waals surface area contributed by atoms with Gasteiger partial charge in [0.15, 0.2) is 0 Å². The van der Waals surface area contributed by atoms with E-state index in [4.69, 9.17) is 0 Å². The predicted molar refractivity (Wildman–Crippen MR) is 83.4 cm³/mol. The number of rotatable bonds is 3. The van der Waals surface area contributed by atoms with Crippen LogP contribution in [0.5, 0.6) is 0 Å². The van der Waals surface area contributed by atoms with Crippen molar-refractivity contribution in [3.05, 3.63) is 71.8 Å². The molecule has 0 saturated carbocycles. The van der Waals surface area contributed by atoms with E-state index in [1.165, 1.54) is 11.1 Å². The van der Waals surface area contributed by atoms with E-state index < -0.39 is 0 Å². The van der Waals surface area contributed by atoms with Crippen molar-refractivity contribution >= 4 is 0 Å². The molecule has 2 aromatic rings. The number of hydrogen-bond donors (Lipinski definition) is 0. The van der Waals surface area contributed by atoms with E-state index in [0.29, 0.717) is 0 Å². The molecule has 0 aromatic heterocycles. The van der Waals surface area contributed by atoms with Crippen LogP contribution in [0.2, 0.25) is 0 Å². The Morgan fingerprint density at radius 1 is 0.684 bits per heavy atom. The fraction of sp³-hybridized carbons (Fsp3) is 0.368. The summed E-state index contributed by atoms with van der Waals surface area (Å²) in [6.07, 6.45) is 1.10. The van der Waals surface area contributed by atoms with Crippen molar-refractivity contribution in [3.63, 3.8) is 0 Å². The fourth-order valence-electron chi connectivity index (χ4n) is 3.42.